The summed E-state index contributed by atoms with van der Waals surface area (Å²) in [5, 5.41) is 9.25. The van der Waals surface area contributed by atoms with Gasteiger partial charge in [-0.05, 0) is 57.0 Å². The van der Waals surface area contributed by atoms with Gasteiger partial charge in [-0.1, -0.05) is 11.6 Å². The summed E-state index contributed by atoms with van der Waals surface area (Å²) in [6.45, 7) is 6.27. The second kappa shape index (κ2) is 8.93. The molecule has 8 nitrogen and oxygen atoms in total. The van der Waals surface area contributed by atoms with E-state index in [4.69, 9.17) is 16.3 Å². The van der Waals surface area contributed by atoms with Gasteiger partial charge in [-0.25, -0.2) is 9.59 Å². The first-order chi connectivity index (χ1) is 14.2. The van der Waals surface area contributed by atoms with E-state index >= 15 is 0 Å². The predicted octanol–water partition coefficient (Wildman–Crippen LogP) is 4.91. The fraction of sp³-hybridized carbons (Fsp3) is 0.350. The van der Waals surface area contributed by atoms with Gasteiger partial charge in [0.15, 0.2) is 0 Å². The van der Waals surface area contributed by atoms with Crippen LogP contribution in [-0.4, -0.2) is 35.6 Å². The molecule has 0 bridgehead atoms. The van der Waals surface area contributed by atoms with Gasteiger partial charge in [0.2, 0.25) is 6.41 Å². The number of anilines is 3. The smallest absolute Gasteiger partial charge is 0.410 e. The molecule has 3 rings (SSSR count). The number of fused-ring (bicyclic) bond motifs is 1. The number of benzene rings is 1. The van der Waals surface area contributed by atoms with Crippen molar-refractivity contribution in [1.82, 2.24) is 4.90 Å². The molecule has 2 aromatic rings. The third-order valence-corrected chi connectivity index (χ3v) is 5.63. The van der Waals surface area contributed by atoms with Crippen molar-refractivity contribution in [2.75, 3.05) is 22.5 Å². The molecule has 1 aromatic carbocycles. The Kier molecular flexibility index (Phi) is 6.52. The number of carbonyl (C=O) groups excluding carboxylic acids is 3. The highest BCUT2D eigenvalue weighted by Gasteiger charge is 2.30. The van der Waals surface area contributed by atoms with Crippen molar-refractivity contribution in [2.24, 2.45) is 0 Å². The average Bonchev–Trinajstić information content (AvgIpc) is 2.99. The molecule has 0 fully saturated rings. The molecule has 4 amide bonds. The van der Waals surface area contributed by atoms with Crippen molar-refractivity contribution >= 4 is 57.8 Å². The van der Waals surface area contributed by atoms with Crippen LogP contribution >= 0.6 is 22.9 Å². The molecule has 3 N–H and O–H groups in total. The topological polar surface area (TPSA) is 99.8 Å². The summed E-state index contributed by atoms with van der Waals surface area (Å²) < 4.78 is 5.45. The number of ether oxygens (including phenoxy) is 1. The van der Waals surface area contributed by atoms with Gasteiger partial charge in [-0.15, -0.1) is 11.3 Å². The van der Waals surface area contributed by atoms with Crippen molar-refractivity contribution in [3.8, 4) is 0 Å². The molecule has 0 spiro atoms. The van der Waals surface area contributed by atoms with E-state index in [2.05, 4.69) is 16.0 Å². The number of urea groups is 1. The molecule has 0 radical (unpaired) electrons. The highest BCUT2D eigenvalue weighted by molar-refractivity contribution is 7.17. The molecule has 0 unspecified atom stereocenters. The summed E-state index contributed by atoms with van der Waals surface area (Å²) in [4.78, 5) is 38.4. The molecular formula is C20H23ClN4O4S. The Balaban J connectivity index is 1.75. The van der Waals surface area contributed by atoms with Crippen molar-refractivity contribution in [1.29, 1.82) is 0 Å². The molecule has 0 saturated heterocycles. The molecular weight excluding hydrogens is 428 g/mol. The maximum Gasteiger partial charge on any atom is 0.410 e. The van der Waals surface area contributed by atoms with Gasteiger partial charge < -0.3 is 20.3 Å². The Morgan fingerprint density at radius 2 is 1.90 bits per heavy atom. The van der Waals surface area contributed by atoms with Crippen LogP contribution in [-0.2, 0) is 22.5 Å². The van der Waals surface area contributed by atoms with Crippen LogP contribution < -0.4 is 16.0 Å². The second-order valence-corrected chi connectivity index (χ2v) is 9.25. The van der Waals surface area contributed by atoms with E-state index in [9.17, 15) is 14.4 Å². The number of carbonyl (C=O) groups is 3. The zero-order valence-corrected chi connectivity index (χ0v) is 18.4. The number of thiophene rings is 1. The monoisotopic (exact) mass is 450 g/mol. The Bertz CT molecular complexity index is 953. The summed E-state index contributed by atoms with van der Waals surface area (Å²) in [7, 11) is 0. The summed E-state index contributed by atoms with van der Waals surface area (Å²) >= 11 is 7.17. The number of nitrogens with one attached hydrogen (secondary N) is 3. The summed E-state index contributed by atoms with van der Waals surface area (Å²) in [5.74, 6) is 0. The van der Waals surface area contributed by atoms with Gasteiger partial charge in [0.1, 0.15) is 10.6 Å². The lowest BCUT2D eigenvalue weighted by Gasteiger charge is -2.30. The second-order valence-electron chi connectivity index (χ2n) is 7.71. The molecule has 0 saturated carbocycles. The quantitative estimate of drug-likeness (QED) is 0.576. The molecule has 1 aliphatic rings. The van der Waals surface area contributed by atoms with Crippen LogP contribution in [0.2, 0.25) is 5.02 Å². The van der Waals surface area contributed by atoms with Crippen LogP contribution in [0.3, 0.4) is 0 Å². The number of hydrogen-bond acceptors (Lipinski definition) is 5. The first-order valence-electron chi connectivity index (χ1n) is 9.32. The van der Waals surface area contributed by atoms with Crippen LogP contribution in [0.15, 0.2) is 24.3 Å². The van der Waals surface area contributed by atoms with Gasteiger partial charge in [0, 0.05) is 22.1 Å². The van der Waals surface area contributed by atoms with Crippen molar-refractivity contribution in [2.45, 2.75) is 39.3 Å². The van der Waals surface area contributed by atoms with E-state index in [1.54, 1.807) is 29.2 Å². The number of amides is 4. The standard InChI is InChI=1S/C20H23ClN4O4S/c1-20(2,3)29-19(28)25-9-8-14-15(10-25)30-17(16(14)22-11-26)24-18(27)23-13-6-4-12(21)5-7-13/h4-7,11H,8-10H2,1-3H3,(H,22,26)(H2,23,24,27). The van der Waals surface area contributed by atoms with Crippen LogP contribution in [0.1, 0.15) is 31.2 Å². The Hall–Kier alpha value is -2.78. The van der Waals surface area contributed by atoms with Gasteiger partial charge in [0.25, 0.3) is 0 Å². The highest BCUT2D eigenvalue weighted by Crippen LogP contribution is 2.41. The maximum atomic E-state index is 12.4. The third kappa shape index (κ3) is 5.43. The van der Waals surface area contributed by atoms with E-state index < -0.39 is 11.6 Å². The van der Waals surface area contributed by atoms with Gasteiger partial charge in [-0.3, -0.25) is 10.1 Å². The Morgan fingerprint density at radius 1 is 1.20 bits per heavy atom. The molecule has 160 valence electrons. The van der Waals surface area contributed by atoms with Crippen molar-refractivity contribution < 1.29 is 19.1 Å². The van der Waals surface area contributed by atoms with Crippen molar-refractivity contribution in [3.05, 3.63) is 39.7 Å². The third-order valence-electron chi connectivity index (χ3n) is 4.24. The fourth-order valence-corrected chi connectivity index (χ4v) is 4.33. The normalized spacial score (nSPS) is 13.3. The maximum absolute atomic E-state index is 12.4. The van der Waals surface area contributed by atoms with Gasteiger partial charge >= 0.3 is 12.1 Å². The highest BCUT2D eigenvalue weighted by atomic mass is 35.5. The van der Waals surface area contributed by atoms with Crippen molar-refractivity contribution in [3.63, 3.8) is 0 Å². The van der Waals surface area contributed by atoms with Gasteiger partial charge in [0.05, 0.1) is 12.2 Å². The summed E-state index contributed by atoms with van der Waals surface area (Å²) in [5.41, 5.74) is 1.47. The molecule has 1 aromatic heterocycles. The first kappa shape index (κ1) is 21.9. The van der Waals surface area contributed by atoms with Crippen LogP contribution in [0.4, 0.5) is 26.0 Å². The lowest BCUT2D eigenvalue weighted by molar-refractivity contribution is -0.105. The molecule has 1 aliphatic heterocycles. The van der Waals surface area contributed by atoms with E-state index in [-0.39, 0.29) is 6.09 Å². The zero-order valence-electron chi connectivity index (χ0n) is 16.9. The SMILES string of the molecule is CC(C)(C)OC(=O)N1CCc2c(sc(NC(=O)Nc3ccc(Cl)cc3)c2NC=O)C1. The lowest BCUT2D eigenvalue weighted by Crippen LogP contribution is -2.39. The predicted molar refractivity (Wildman–Crippen MR) is 118 cm³/mol. The number of nitrogens with zero attached hydrogens (tertiary/aromatic N) is 1. The van der Waals surface area contributed by atoms with E-state index in [0.717, 1.165) is 10.4 Å². The van der Waals surface area contributed by atoms with Gasteiger partial charge in [-0.2, -0.15) is 0 Å². The minimum absolute atomic E-state index is 0.350. The summed E-state index contributed by atoms with van der Waals surface area (Å²) in [6, 6.07) is 6.26. The average molecular weight is 451 g/mol. The van der Waals surface area contributed by atoms with E-state index in [1.807, 2.05) is 20.8 Å². The molecule has 10 heteroatoms. The molecule has 30 heavy (non-hydrogen) atoms. The minimum atomic E-state index is -0.580. The fourth-order valence-electron chi connectivity index (χ4n) is 2.98. The Morgan fingerprint density at radius 3 is 2.53 bits per heavy atom. The number of hydrogen-bond donors (Lipinski definition) is 3. The van der Waals surface area contributed by atoms with Crippen LogP contribution in [0, 0.1) is 0 Å². The van der Waals surface area contributed by atoms with E-state index in [1.165, 1.54) is 11.3 Å². The number of halogens is 1. The Labute approximate surface area is 183 Å². The molecule has 0 aliphatic carbocycles. The first-order valence-corrected chi connectivity index (χ1v) is 10.5. The van der Waals surface area contributed by atoms with Crippen LogP contribution in [0.5, 0.6) is 0 Å². The molecule has 2 heterocycles. The molecule has 0 atom stereocenters. The van der Waals surface area contributed by atoms with E-state index in [0.29, 0.717) is 47.3 Å². The summed E-state index contributed by atoms with van der Waals surface area (Å²) in [6.07, 6.45) is 0.730. The largest absolute Gasteiger partial charge is 0.444 e. The minimum Gasteiger partial charge on any atom is -0.444 e. The van der Waals surface area contributed by atoms with Crippen LogP contribution in [0.25, 0.3) is 0 Å². The zero-order chi connectivity index (χ0) is 21.9. The lowest BCUT2D eigenvalue weighted by atomic mass is 10.1. The number of rotatable bonds is 4.